The van der Waals surface area contributed by atoms with Gasteiger partial charge in [-0.05, 0) is 92.3 Å². The topological polar surface area (TPSA) is 120 Å². The minimum absolute atomic E-state index is 0.0414. The highest BCUT2D eigenvalue weighted by Crippen LogP contribution is 2.36. The van der Waals surface area contributed by atoms with E-state index in [1.807, 2.05) is 10.6 Å². The van der Waals surface area contributed by atoms with Gasteiger partial charge in [0.25, 0.3) is 0 Å². The molecule has 2 aliphatic carbocycles. The smallest absolute Gasteiger partial charge is 0.478 e. The number of benzene rings is 3. The minimum atomic E-state index is -4.76. The molecule has 258 valence electrons. The van der Waals surface area contributed by atoms with E-state index in [1.54, 1.807) is 24.3 Å². The van der Waals surface area contributed by atoms with Crippen molar-refractivity contribution in [3.63, 3.8) is 0 Å². The van der Waals surface area contributed by atoms with Gasteiger partial charge in [-0.2, -0.15) is 0 Å². The number of aromatic carboxylic acids is 2. The second-order valence-corrected chi connectivity index (χ2v) is 12.6. The first-order valence-corrected chi connectivity index (χ1v) is 16.5. The van der Waals surface area contributed by atoms with Gasteiger partial charge in [0, 0.05) is 40.3 Å². The van der Waals surface area contributed by atoms with Crippen molar-refractivity contribution in [3.8, 4) is 5.75 Å². The molecule has 0 saturated heterocycles. The first-order chi connectivity index (χ1) is 24.1. The van der Waals surface area contributed by atoms with Gasteiger partial charge in [-0.1, -0.05) is 36.4 Å². The lowest BCUT2D eigenvalue weighted by Gasteiger charge is -2.17. The summed E-state index contributed by atoms with van der Waals surface area (Å²) < 4.78 is 51.6. The molecule has 12 heteroatoms. The standard InChI is InChI=1S/C21H18F3NO3.C17H16N2O3/c22-21(23,24)28-14-9-10-17-16-7-3-4-8-18(16)25(19(17)11-14)12-13-5-1-2-6-15(13)20(26)27;20-17(21)13-10-22-16(18-13)9-19-14-7-3-1-5-11(14)12-6-2-4-8-15(12)19/h1-2,5-6,9-11H,3-4,7-8,12H2,(H,26,27);1,3,5,7,10H,2,4,6,8-9H2,(H,20,21). The van der Waals surface area contributed by atoms with E-state index >= 15 is 0 Å². The molecule has 0 spiro atoms. The maximum Gasteiger partial charge on any atom is 0.573 e. The number of rotatable bonds is 7. The van der Waals surface area contributed by atoms with Crippen molar-refractivity contribution in [3.05, 3.63) is 118 Å². The van der Waals surface area contributed by atoms with Crippen LogP contribution in [0.4, 0.5) is 13.2 Å². The quantitative estimate of drug-likeness (QED) is 0.173. The number of oxazole rings is 1. The number of carbonyl (C=O) groups is 2. The van der Waals surface area contributed by atoms with Gasteiger partial charge < -0.3 is 28.5 Å². The highest BCUT2D eigenvalue weighted by Gasteiger charge is 2.32. The monoisotopic (exact) mass is 685 g/mol. The van der Waals surface area contributed by atoms with Gasteiger partial charge in [0.1, 0.15) is 12.0 Å². The van der Waals surface area contributed by atoms with E-state index in [4.69, 9.17) is 9.52 Å². The van der Waals surface area contributed by atoms with Gasteiger partial charge >= 0.3 is 18.3 Å². The van der Waals surface area contributed by atoms with E-state index in [0.717, 1.165) is 55.2 Å². The van der Waals surface area contributed by atoms with Crippen LogP contribution in [0.1, 0.15) is 80.5 Å². The summed E-state index contributed by atoms with van der Waals surface area (Å²) in [7, 11) is 0. The highest BCUT2D eigenvalue weighted by atomic mass is 19.4. The van der Waals surface area contributed by atoms with E-state index in [9.17, 15) is 27.9 Å². The number of alkyl halides is 3. The Morgan fingerprint density at radius 1 is 0.760 bits per heavy atom. The normalized spacial score (nSPS) is 14.1. The number of carboxylic acid groups (broad SMARTS) is 2. The average molecular weight is 686 g/mol. The molecule has 0 radical (unpaired) electrons. The van der Waals surface area contributed by atoms with E-state index in [-0.39, 0.29) is 23.6 Å². The molecule has 50 heavy (non-hydrogen) atoms. The number of hydrogen-bond acceptors (Lipinski definition) is 5. The van der Waals surface area contributed by atoms with Gasteiger partial charge in [-0.15, -0.1) is 13.2 Å². The van der Waals surface area contributed by atoms with E-state index in [0.29, 0.717) is 23.5 Å². The van der Waals surface area contributed by atoms with Crippen LogP contribution in [0.25, 0.3) is 21.8 Å². The third kappa shape index (κ3) is 6.57. The molecule has 3 aromatic carbocycles. The Morgan fingerprint density at radius 3 is 2.04 bits per heavy atom. The van der Waals surface area contributed by atoms with Crippen LogP contribution in [0.15, 0.2) is 77.4 Å². The van der Waals surface area contributed by atoms with Gasteiger partial charge in [-0.3, -0.25) is 0 Å². The molecule has 0 aliphatic heterocycles. The third-order valence-corrected chi connectivity index (χ3v) is 9.51. The number of fused-ring (bicyclic) bond motifs is 6. The van der Waals surface area contributed by atoms with Gasteiger partial charge in [0.05, 0.1) is 17.6 Å². The van der Waals surface area contributed by atoms with Crippen LogP contribution >= 0.6 is 0 Å². The number of carboxylic acids is 2. The predicted molar refractivity (Wildman–Crippen MR) is 179 cm³/mol. The van der Waals surface area contributed by atoms with E-state index < -0.39 is 18.3 Å². The van der Waals surface area contributed by atoms with Crippen molar-refractivity contribution < 1.29 is 42.1 Å². The average Bonchev–Trinajstić information content (AvgIpc) is 3.79. The summed E-state index contributed by atoms with van der Waals surface area (Å²) in [4.78, 5) is 26.5. The second kappa shape index (κ2) is 13.4. The lowest BCUT2D eigenvalue weighted by Crippen LogP contribution is -2.17. The van der Waals surface area contributed by atoms with Crippen LogP contribution in [0.2, 0.25) is 0 Å². The molecular formula is C38H34F3N3O6. The van der Waals surface area contributed by atoms with Crippen molar-refractivity contribution in [2.45, 2.75) is 70.8 Å². The number of aryl methyl sites for hydroxylation is 2. The van der Waals surface area contributed by atoms with Crippen molar-refractivity contribution in [1.29, 1.82) is 0 Å². The fourth-order valence-electron chi connectivity index (χ4n) is 7.41. The molecule has 3 aromatic heterocycles. The van der Waals surface area contributed by atoms with Gasteiger partial charge in [0.2, 0.25) is 5.89 Å². The Kier molecular flexibility index (Phi) is 8.85. The molecule has 8 rings (SSSR count). The van der Waals surface area contributed by atoms with Crippen LogP contribution < -0.4 is 4.74 Å². The molecule has 2 N–H and O–H groups in total. The first-order valence-electron chi connectivity index (χ1n) is 16.5. The summed E-state index contributed by atoms with van der Waals surface area (Å²) in [5, 5.41) is 20.6. The van der Waals surface area contributed by atoms with Gasteiger partial charge in [0.15, 0.2) is 5.69 Å². The van der Waals surface area contributed by atoms with Crippen molar-refractivity contribution in [2.24, 2.45) is 0 Å². The maximum absolute atomic E-state index is 12.7. The molecule has 9 nitrogen and oxygen atoms in total. The first kappa shape index (κ1) is 33.0. The Hall–Kier alpha value is -5.52. The van der Waals surface area contributed by atoms with Crippen molar-refractivity contribution >= 4 is 33.7 Å². The lowest BCUT2D eigenvalue weighted by atomic mass is 9.95. The zero-order valence-corrected chi connectivity index (χ0v) is 27.0. The molecule has 2 aliphatic rings. The summed E-state index contributed by atoms with van der Waals surface area (Å²) in [6.07, 6.45) is 4.71. The number of aromatic nitrogens is 3. The SMILES string of the molecule is O=C(O)c1ccccc1Cn1c2c(c3ccc(OC(F)(F)F)cc31)CCCC2.O=C(O)c1coc(Cn2c3c(c4ccccc42)CCCC3)n1. The number of nitrogens with zero attached hydrogens (tertiary/aromatic N) is 3. The van der Waals surface area contributed by atoms with Crippen LogP contribution in [-0.2, 0) is 38.8 Å². The molecule has 0 atom stereocenters. The van der Waals surface area contributed by atoms with Crippen molar-refractivity contribution in [2.75, 3.05) is 0 Å². The van der Waals surface area contributed by atoms with E-state index in [1.165, 1.54) is 59.5 Å². The predicted octanol–water partition coefficient (Wildman–Crippen LogP) is 8.42. The lowest BCUT2D eigenvalue weighted by molar-refractivity contribution is -0.274. The van der Waals surface area contributed by atoms with Crippen LogP contribution in [-0.4, -0.2) is 42.6 Å². The minimum Gasteiger partial charge on any atom is -0.478 e. The fraction of sp³-hybridized carbons (Fsp3) is 0.289. The molecule has 0 bridgehead atoms. The molecule has 6 aromatic rings. The summed E-state index contributed by atoms with van der Waals surface area (Å²) >= 11 is 0. The third-order valence-electron chi connectivity index (χ3n) is 9.51. The van der Waals surface area contributed by atoms with E-state index in [2.05, 4.69) is 32.5 Å². The number of ether oxygens (including phenoxy) is 1. The Bertz CT molecular complexity index is 2230. The summed E-state index contributed by atoms with van der Waals surface area (Å²) in [6, 6.07) is 19.4. The molecule has 3 heterocycles. The number of para-hydroxylation sites is 1. The fourth-order valence-corrected chi connectivity index (χ4v) is 7.41. The molecule has 0 saturated carbocycles. The maximum atomic E-state index is 12.7. The Morgan fingerprint density at radius 2 is 1.38 bits per heavy atom. The van der Waals surface area contributed by atoms with Crippen LogP contribution in [0.5, 0.6) is 5.75 Å². The van der Waals surface area contributed by atoms with Gasteiger partial charge in [-0.25, -0.2) is 14.6 Å². The number of halogens is 3. The number of hydrogen-bond donors (Lipinski definition) is 2. The summed E-state index contributed by atoms with van der Waals surface area (Å²) in [5.41, 5.74) is 7.52. The Balaban J connectivity index is 0.000000161. The zero-order chi connectivity index (χ0) is 35.0. The van der Waals surface area contributed by atoms with Crippen LogP contribution in [0, 0.1) is 0 Å². The Labute approximate surface area is 284 Å². The highest BCUT2D eigenvalue weighted by molar-refractivity contribution is 5.90. The van der Waals surface area contributed by atoms with Crippen molar-refractivity contribution in [1.82, 2.24) is 14.1 Å². The second-order valence-electron chi connectivity index (χ2n) is 12.6. The zero-order valence-electron chi connectivity index (χ0n) is 27.0. The largest absolute Gasteiger partial charge is 0.573 e. The molecule has 0 amide bonds. The molecule has 0 unspecified atom stereocenters. The summed E-state index contributed by atoms with van der Waals surface area (Å²) in [5.74, 6) is -1.93. The molecule has 0 fully saturated rings. The van der Waals surface area contributed by atoms with Crippen LogP contribution in [0.3, 0.4) is 0 Å². The molecular weight excluding hydrogens is 651 g/mol. The summed E-state index contributed by atoms with van der Waals surface area (Å²) in [6.45, 7) is 0.757.